The van der Waals surface area contributed by atoms with Crippen LogP contribution in [0, 0.1) is 0 Å². The third kappa shape index (κ3) is 3.87. The van der Waals surface area contributed by atoms with Crippen LogP contribution in [0.2, 0.25) is 0 Å². The molecule has 3 heterocycles. The highest BCUT2D eigenvalue weighted by atomic mass is 16.2. The fourth-order valence-corrected chi connectivity index (χ4v) is 2.51. The number of aromatic amines is 1. The van der Waals surface area contributed by atoms with E-state index in [2.05, 4.69) is 25.3 Å². The molecule has 0 aliphatic carbocycles. The molecular formula is C17H20N6O. The Morgan fingerprint density at radius 3 is 2.96 bits per heavy atom. The van der Waals surface area contributed by atoms with Crippen molar-refractivity contribution in [3.8, 4) is 0 Å². The van der Waals surface area contributed by atoms with Crippen molar-refractivity contribution in [1.82, 2.24) is 25.3 Å². The molecule has 0 radical (unpaired) electrons. The smallest absolute Gasteiger partial charge is 0.287 e. The minimum Gasteiger partial charge on any atom is -0.384 e. The molecule has 3 aromatic heterocycles. The molecule has 1 amide bonds. The Labute approximate surface area is 139 Å². The second-order valence-corrected chi connectivity index (χ2v) is 5.82. The maximum atomic E-state index is 12.2. The van der Waals surface area contributed by atoms with Gasteiger partial charge in [-0.15, -0.1) is 0 Å². The number of H-pyrrole nitrogens is 1. The first-order valence-electron chi connectivity index (χ1n) is 7.94. The van der Waals surface area contributed by atoms with Crippen molar-refractivity contribution in [1.29, 1.82) is 0 Å². The predicted octanol–water partition coefficient (Wildman–Crippen LogP) is 2.08. The van der Waals surface area contributed by atoms with E-state index in [0.717, 1.165) is 30.3 Å². The number of amides is 1. The molecule has 0 aliphatic rings. The second-order valence-electron chi connectivity index (χ2n) is 5.82. The number of aromatic nitrogens is 4. The molecule has 7 heteroatoms. The summed E-state index contributed by atoms with van der Waals surface area (Å²) in [6.07, 6.45) is 6.17. The first kappa shape index (κ1) is 15.9. The maximum absolute atomic E-state index is 12.2. The molecular weight excluding hydrogens is 304 g/mol. The van der Waals surface area contributed by atoms with E-state index < -0.39 is 0 Å². The number of aryl methyl sites for hydroxylation is 1. The van der Waals surface area contributed by atoms with Crippen molar-refractivity contribution in [3.63, 3.8) is 0 Å². The highest BCUT2D eigenvalue weighted by Crippen LogP contribution is 2.09. The molecule has 0 spiro atoms. The fraction of sp³-hybridized carbons (Fsp3) is 0.294. The summed E-state index contributed by atoms with van der Waals surface area (Å²) in [5.74, 6) is 0.604. The molecule has 3 rings (SSSR count). The van der Waals surface area contributed by atoms with Crippen molar-refractivity contribution < 1.29 is 4.79 Å². The van der Waals surface area contributed by atoms with Crippen LogP contribution in [0.4, 0.5) is 5.82 Å². The number of hydrogen-bond donors (Lipinski definition) is 3. The molecule has 4 N–H and O–H groups in total. The number of fused-ring (bicyclic) bond motifs is 1. The number of imidazole rings is 1. The van der Waals surface area contributed by atoms with E-state index in [4.69, 9.17) is 5.73 Å². The number of hydrogen-bond acceptors (Lipinski definition) is 5. The monoisotopic (exact) mass is 324 g/mol. The molecule has 0 aromatic carbocycles. The summed E-state index contributed by atoms with van der Waals surface area (Å²) in [7, 11) is 0. The number of nitrogen functional groups attached to an aromatic ring is 1. The molecule has 124 valence electrons. The van der Waals surface area contributed by atoms with Gasteiger partial charge in [0, 0.05) is 18.4 Å². The number of rotatable bonds is 6. The first-order chi connectivity index (χ1) is 11.6. The number of nitrogens with one attached hydrogen (secondary N) is 2. The van der Waals surface area contributed by atoms with Gasteiger partial charge in [-0.3, -0.25) is 4.79 Å². The van der Waals surface area contributed by atoms with E-state index >= 15 is 0 Å². The Morgan fingerprint density at radius 2 is 2.21 bits per heavy atom. The van der Waals surface area contributed by atoms with Crippen molar-refractivity contribution in [2.24, 2.45) is 0 Å². The third-order valence-corrected chi connectivity index (χ3v) is 3.80. The molecule has 0 aliphatic heterocycles. The Hall–Kier alpha value is -2.96. The van der Waals surface area contributed by atoms with Crippen molar-refractivity contribution in [2.75, 3.05) is 5.73 Å². The first-order valence-corrected chi connectivity index (χ1v) is 7.94. The zero-order chi connectivity index (χ0) is 16.9. The molecule has 7 nitrogen and oxygen atoms in total. The summed E-state index contributed by atoms with van der Waals surface area (Å²) in [6, 6.07) is 7.48. The van der Waals surface area contributed by atoms with Crippen LogP contribution < -0.4 is 11.1 Å². The minimum absolute atomic E-state index is 0.0559. The number of pyridine rings is 2. The molecule has 0 fully saturated rings. The summed E-state index contributed by atoms with van der Waals surface area (Å²) >= 11 is 0. The lowest BCUT2D eigenvalue weighted by molar-refractivity contribution is 0.0929. The molecule has 0 saturated carbocycles. The van der Waals surface area contributed by atoms with Gasteiger partial charge in [0.05, 0.1) is 5.52 Å². The molecule has 0 bridgehead atoms. The van der Waals surface area contributed by atoms with Crippen LogP contribution in [0.1, 0.15) is 35.9 Å². The average molecular weight is 324 g/mol. The molecule has 3 aromatic rings. The van der Waals surface area contributed by atoms with Gasteiger partial charge in [0.2, 0.25) is 0 Å². The summed E-state index contributed by atoms with van der Waals surface area (Å²) in [5, 5.41) is 2.96. The lowest BCUT2D eigenvalue weighted by Gasteiger charge is -2.12. The van der Waals surface area contributed by atoms with E-state index in [1.165, 1.54) is 0 Å². The number of carbonyl (C=O) groups is 1. The van der Waals surface area contributed by atoms with Crippen LogP contribution in [0.3, 0.4) is 0 Å². The number of nitrogens with zero attached hydrogens (tertiary/aromatic N) is 3. The van der Waals surface area contributed by atoms with Gasteiger partial charge >= 0.3 is 0 Å². The quantitative estimate of drug-likeness (QED) is 0.643. The van der Waals surface area contributed by atoms with E-state index in [0.29, 0.717) is 17.3 Å². The second kappa shape index (κ2) is 7.08. The Kier molecular flexibility index (Phi) is 4.69. The Morgan fingerprint density at radius 1 is 1.33 bits per heavy atom. The van der Waals surface area contributed by atoms with E-state index in [1.807, 2.05) is 19.1 Å². The highest BCUT2D eigenvalue weighted by molar-refractivity contribution is 5.93. The van der Waals surface area contributed by atoms with Crippen LogP contribution in [-0.4, -0.2) is 31.9 Å². The minimum atomic E-state index is -0.213. The van der Waals surface area contributed by atoms with Crippen LogP contribution in [0.5, 0.6) is 0 Å². The molecule has 0 unspecified atom stereocenters. The number of anilines is 1. The maximum Gasteiger partial charge on any atom is 0.287 e. The van der Waals surface area contributed by atoms with E-state index in [1.54, 1.807) is 24.5 Å². The standard InChI is InChI=1S/C17H20N6O/c1-11(4-2-5-12-7-8-14(18)20-10-12)21-17(24)16-22-13-6-3-9-19-15(13)23-16/h3,6-11H,2,4-5H2,1H3,(H2,18,20)(H,21,24)(H,19,22,23)/t11-/m0/s1. The molecule has 24 heavy (non-hydrogen) atoms. The van der Waals surface area contributed by atoms with Gasteiger partial charge in [-0.05, 0) is 49.9 Å². The van der Waals surface area contributed by atoms with E-state index in [-0.39, 0.29) is 11.9 Å². The number of carbonyl (C=O) groups excluding carboxylic acids is 1. The zero-order valence-electron chi connectivity index (χ0n) is 13.5. The SMILES string of the molecule is C[C@@H](CCCc1ccc(N)nc1)NC(=O)c1nc2ncccc2[nH]1. The lowest BCUT2D eigenvalue weighted by Crippen LogP contribution is -2.33. The largest absolute Gasteiger partial charge is 0.384 e. The van der Waals surface area contributed by atoms with Gasteiger partial charge in [0.1, 0.15) is 5.82 Å². The average Bonchev–Trinajstić information content (AvgIpc) is 3.01. The topological polar surface area (TPSA) is 110 Å². The van der Waals surface area contributed by atoms with Crippen molar-refractivity contribution >= 4 is 22.9 Å². The van der Waals surface area contributed by atoms with E-state index in [9.17, 15) is 4.79 Å². The van der Waals surface area contributed by atoms with Crippen LogP contribution in [-0.2, 0) is 6.42 Å². The van der Waals surface area contributed by atoms with Gasteiger partial charge in [-0.1, -0.05) is 6.07 Å². The van der Waals surface area contributed by atoms with Crippen LogP contribution >= 0.6 is 0 Å². The van der Waals surface area contributed by atoms with Crippen molar-refractivity contribution in [3.05, 3.63) is 48.0 Å². The Bertz CT molecular complexity index is 793. The Balaban J connectivity index is 1.49. The normalized spacial score (nSPS) is 12.2. The summed E-state index contributed by atoms with van der Waals surface area (Å²) in [5.41, 5.74) is 8.02. The zero-order valence-corrected chi connectivity index (χ0v) is 13.5. The van der Waals surface area contributed by atoms with Gasteiger partial charge in [-0.25, -0.2) is 15.0 Å². The summed E-state index contributed by atoms with van der Waals surface area (Å²) in [6.45, 7) is 1.99. The number of nitrogens with two attached hydrogens (primary N) is 1. The van der Waals surface area contributed by atoms with Gasteiger partial charge in [0.25, 0.3) is 5.91 Å². The van der Waals surface area contributed by atoms with Gasteiger partial charge in [0.15, 0.2) is 11.5 Å². The third-order valence-electron chi connectivity index (χ3n) is 3.80. The fourth-order valence-electron chi connectivity index (χ4n) is 2.51. The highest BCUT2D eigenvalue weighted by Gasteiger charge is 2.14. The lowest BCUT2D eigenvalue weighted by atomic mass is 10.1. The van der Waals surface area contributed by atoms with Crippen LogP contribution in [0.25, 0.3) is 11.2 Å². The van der Waals surface area contributed by atoms with Crippen molar-refractivity contribution in [2.45, 2.75) is 32.2 Å². The van der Waals surface area contributed by atoms with Gasteiger partial charge in [-0.2, -0.15) is 0 Å². The summed E-state index contributed by atoms with van der Waals surface area (Å²) in [4.78, 5) is 27.6. The molecule has 0 saturated heterocycles. The molecule has 1 atom stereocenters. The van der Waals surface area contributed by atoms with Crippen LogP contribution in [0.15, 0.2) is 36.7 Å². The summed E-state index contributed by atoms with van der Waals surface area (Å²) < 4.78 is 0. The predicted molar refractivity (Wildman–Crippen MR) is 92.4 cm³/mol. The van der Waals surface area contributed by atoms with Gasteiger partial charge < -0.3 is 16.0 Å².